The molecule has 66 valence electrons. The molecule has 0 saturated heterocycles. The topological polar surface area (TPSA) is 53.8 Å². The van der Waals surface area contributed by atoms with Crippen LogP contribution in [0.1, 0.15) is 25.0 Å². The lowest BCUT2D eigenvalue weighted by molar-refractivity contribution is -0.119. The summed E-state index contributed by atoms with van der Waals surface area (Å²) in [6.45, 7) is 1.75. The standard InChI is InChI=1S/C10H10N2O/c1-2-10(13)8(7-11)9-5-3-4-6-12-9/h3-6,8H,2H2,1H3. The first-order chi connectivity index (χ1) is 6.29. The smallest absolute Gasteiger partial charge is 0.155 e. The summed E-state index contributed by atoms with van der Waals surface area (Å²) in [7, 11) is 0. The van der Waals surface area contributed by atoms with Crippen molar-refractivity contribution in [2.45, 2.75) is 19.3 Å². The highest BCUT2D eigenvalue weighted by atomic mass is 16.1. The van der Waals surface area contributed by atoms with E-state index in [1.54, 1.807) is 31.3 Å². The zero-order valence-electron chi connectivity index (χ0n) is 7.40. The molecule has 13 heavy (non-hydrogen) atoms. The zero-order valence-corrected chi connectivity index (χ0v) is 7.40. The Morgan fingerprint density at radius 1 is 1.69 bits per heavy atom. The summed E-state index contributed by atoms with van der Waals surface area (Å²) >= 11 is 0. The van der Waals surface area contributed by atoms with Gasteiger partial charge in [-0.2, -0.15) is 5.26 Å². The van der Waals surface area contributed by atoms with Crippen molar-refractivity contribution in [2.24, 2.45) is 0 Å². The molecule has 1 rings (SSSR count). The van der Waals surface area contributed by atoms with E-state index >= 15 is 0 Å². The molecule has 0 fully saturated rings. The van der Waals surface area contributed by atoms with Gasteiger partial charge in [-0.1, -0.05) is 13.0 Å². The van der Waals surface area contributed by atoms with Gasteiger partial charge in [0, 0.05) is 12.6 Å². The summed E-state index contributed by atoms with van der Waals surface area (Å²) < 4.78 is 0. The van der Waals surface area contributed by atoms with E-state index < -0.39 is 5.92 Å². The number of ketones is 1. The van der Waals surface area contributed by atoms with Gasteiger partial charge in [0.15, 0.2) is 5.78 Å². The lowest BCUT2D eigenvalue weighted by Crippen LogP contribution is -2.10. The Morgan fingerprint density at radius 3 is 2.92 bits per heavy atom. The SMILES string of the molecule is CCC(=O)C(C#N)c1ccccn1. The fourth-order valence-electron chi connectivity index (χ4n) is 1.05. The van der Waals surface area contributed by atoms with Crippen molar-refractivity contribution in [3.05, 3.63) is 30.1 Å². The lowest BCUT2D eigenvalue weighted by atomic mass is 10.00. The Kier molecular flexibility index (Phi) is 3.15. The molecule has 3 nitrogen and oxygen atoms in total. The number of carbonyl (C=O) groups is 1. The molecule has 1 aromatic heterocycles. The fourth-order valence-corrected chi connectivity index (χ4v) is 1.05. The van der Waals surface area contributed by atoms with Crippen LogP contribution in [0.3, 0.4) is 0 Å². The molecule has 0 aliphatic rings. The Morgan fingerprint density at radius 2 is 2.46 bits per heavy atom. The highest BCUT2D eigenvalue weighted by Gasteiger charge is 2.18. The molecular weight excluding hydrogens is 164 g/mol. The van der Waals surface area contributed by atoms with Gasteiger partial charge in [0.1, 0.15) is 5.92 Å². The number of Topliss-reactive ketones (excluding diaryl/α,β-unsaturated/α-hetero) is 1. The number of rotatable bonds is 3. The van der Waals surface area contributed by atoms with E-state index in [-0.39, 0.29) is 5.78 Å². The Bertz CT molecular complexity index is 327. The van der Waals surface area contributed by atoms with Crippen LogP contribution in [0.15, 0.2) is 24.4 Å². The molecule has 1 unspecified atom stereocenters. The summed E-state index contributed by atoms with van der Waals surface area (Å²) in [6, 6.07) is 7.18. The molecule has 0 aromatic carbocycles. The summed E-state index contributed by atoms with van der Waals surface area (Å²) in [6.07, 6.45) is 1.96. The first kappa shape index (κ1) is 9.40. The zero-order chi connectivity index (χ0) is 9.68. The van der Waals surface area contributed by atoms with E-state index in [2.05, 4.69) is 4.98 Å². The van der Waals surface area contributed by atoms with Crippen LogP contribution in [-0.2, 0) is 4.79 Å². The Hall–Kier alpha value is -1.69. The normalized spacial score (nSPS) is 11.7. The number of aromatic nitrogens is 1. The maximum Gasteiger partial charge on any atom is 0.155 e. The van der Waals surface area contributed by atoms with E-state index in [4.69, 9.17) is 5.26 Å². The minimum absolute atomic E-state index is 0.0822. The van der Waals surface area contributed by atoms with Crippen LogP contribution in [-0.4, -0.2) is 10.8 Å². The number of hydrogen-bond acceptors (Lipinski definition) is 3. The second kappa shape index (κ2) is 4.36. The maximum absolute atomic E-state index is 11.3. The van der Waals surface area contributed by atoms with Crippen LogP contribution in [0.5, 0.6) is 0 Å². The van der Waals surface area contributed by atoms with Crippen molar-refractivity contribution in [2.75, 3.05) is 0 Å². The minimum atomic E-state index is -0.703. The van der Waals surface area contributed by atoms with E-state index in [0.717, 1.165) is 0 Å². The highest BCUT2D eigenvalue weighted by molar-refractivity contribution is 5.87. The van der Waals surface area contributed by atoms with Crippen LogP contribution in [0.2, 0.25) is 0 Å². The summed E-state index contributed by atoms with van der Waals surface area (Å²) in [5.74, 6) is -0.785. The number of carbonyl (C=O) groups excluding carboxylic acids is 1. The van der Waals surface area contributed by atoms with E-state index in [1.165, 1.54) is 0 Å². The van der Waals surface area contributed by atoms with Crippen LogP contribution in [0, 0.1) is 11.3 Å². The van der Waals surface area contributed by atoms with Crippen LogP contribution in [0.4, 0.5) is 0 Å². The molecule has 0 amide bonds. The third-order valence-corrected chi connectivity index (χ3v) is 1.78. The third-order valence-electron chi connectivity index (χ3n) is 1.78. The van der Waals surface area contributed by atoms with Gasteiger partial charge in [-0.05, 0) is 12.1 Å². The summed E-state index contributed by atoms with van der Waals surface area (Å²) in [5.41, 5.74) is 0.539. The quantitative estimate of drug-likeness (QED) is 0.700. The van der Waals surface area contributed by atoms with Gasteiger partial charge in [-0.3, -0.25) is 9.78 Å². The van der Waals surface area contributed by atoms with Gasteiger partial charge in [0.05, 0.1) is 11.8 Å². The van der Waals surface area contributed by atoms with E-state index in [9.17, 15) is 4.79 Å². The predicted octanol–water partition coefficient (Wildman–Crippen LogP) is 1.67. The van der Waals surface area contributed by atoms with Crippen LogP contribution >= 0.6 is 0 Å². The van der Waals surface area contributed by atoms with Crippen molar-refractivity contribution < 1.29 is 4.79 Å². The highest BCUT2D eigenvalue weighted by Crippen LogP contribution is 2.13. The minimum Gasteiger partial charge on any atom is -0.298 e. The molecule has 0 N–H and O–H groups in total. The first-order valence-corrected chi connectivity index (χ1v) is 4.12. The van der Waals surface area contributed by atoms with Crippen molar-refractivity contribution in [3.63, 3.8) is 0 Å². The maximum atomic E-state index is 11.3. The van der Waals surface area contributed by atoms with Crippen LogP contribution in [0.25, 0.3) is 0 Å². The van der Waals surface area contributed by atoms with Gasteiger partial charge >= 0.3 is 0 Å². The average Bonchev–Trinajstić information content (AvgIpc) is 2.20. The van der Waals surface area contributed by atoms with Crippen molar-refractivity contribution >= 4 is 5.78 Å². The molecule has 1 heterocycles. The monoisotopic (exact) mass is 174 g/mol. The number of nitriles is 1. The Balaban J connectivity index is 2.93. The van der Waals surface area contributed by atoms with Crippen molar-refractivity contribution in [1.82, 2.24) is 4.98 Å². The molecule has 0 saturated carbocycles. The van der Waals surface area contributed by atoms with Gasteiger partial charge in [0.2, 0.25) is 0 Å². The molecular formula is C10H10N2O. The second-order valence-corrected chi connectivity index (χ2v) is 2.64. The van der Waals surface area contributed by atoms with Gasteiger partial charge in [-0.25, -0.2) is 0 Å². The summed E-state index contributed by atoms with van der Waals surface area (Å²) in [5, 5.41) is 8.77. The van der Waals surface area contributed by atoms with E-state index in [0.29, 0.717) is 12.1 Å². The lowest BCUT2D eigenvalue weighted by Gasteiger charge is -2.04. The van der Waals surface area contributed by atoms with Gasteiger partial charge in [-0.15, -0.1) is 0 Å². The Labute approximate surface area is 77.0 Å². The molecule has 0 aliphatic carbocycles. The van der Waals surface area contributed by atoms with Gasteiger partial charge < -0.3 is 0 Å². The molecule has 0 radical (unpaired) electrons. The average molecular weight is 174 g/mol. The van der Waals surface area contributed by atoms with E-state index in [1.807, 2.05) is 6.07 Å². The molecule has 0 aliphatic heterocycles. The molecule has 0 bridgehead atoms. The first-order valence-electron chi connectivity index (χ1n) is 4.12. The summed E-state index contributed by atoms with van der Waals surface area (Å²) in [4.78, 5) is 15.3. The number of hydrogen-bond donors (Lipinski definition) is 0. The molecule has 3 heteroatoms. The van der Waals surface area contributed by atoms with Crippen molar-refractivity contribution in [3.8, 4) is 6.07 Å². The largest absolute Gasteiger partial charge is 0.298 e. The molecule has 1 atom stereocenters. The third kappa shape index (κ3) is 2.12. The molecule has 0 spiro atoms. The predicted molar refractivity (Wildman–Crippen MR) is 47.9 cm³/mol. The van der Waals surface area contributed by atoms with Gasteiger partial charge in [0.25, 0.3) is 0 Å². The second-order valence-electron chi connectivity index (χ2n) is 2.64. The van der Waals surface area contributed by atoms with Crippen molar-refractivity contribution in [1.29, 1.82) is 5.26 Å². The van der Waals surface area contributed by atoms with Crippen LogP contribution < -0.4 is 0 Å². The molecule has 1 aromatic rings. The fraction of sp³-hybridized carbons (Fsp3) is 0.300. The number of pyridine rings is 1. The number of nitrogens with zero attached hydrogens (tertiary/aromatic N) is 2.